The number of likely N-dealkylation sites (tertiary alicyclic amines) is 1. The minimum Gasteiger partial charge on any atom is -0.445 e. The molecule has 0 bridgehead atoms. The molecule has 4 rings (SSSR count). The van der Waals surface area contributed by atoms with Crippen LogP contribution in [0.4, 0.5) is 22.2 Å². The number of nitrogen functional groups attached to an aromatic ring is 2. The summed E-state index contributed by atoms with van der Waals surface area (Å²) < 4.78 is 5.39. The molecule has 0 saturated carbocycles. The standard InChI is InChI=1S/C21H22N6O3/c22-18-15-11-14(8-9-16(15)25-20(23)26-18)24-19(28)17-7-4-10-27(17)21(29)30-12-13-5-2-1-3-6-13/h1-3,5-6,8-9,11,17H,4,7,10,12H2,(H,24,28)(H4,22,23,25,26)/t17-/m0/s1. The van der Waals surface area contributed by atoms with Crippen LogP contribution in [0.25, 0.3) is 10.9 Å². The molecule has 0 spiro atoms. The fourth-order valence-corrected chi connectivity index (χ4v) is 3.53. The van der Waals surface area contributed by atoms with E-state index in [0.717, 1.165) is 12.0 Å². The average molecular weight is 406 g/mol. The van der Waals surface area contributed by atoms with Crippen molar-refractivity contribution in [2.45, 2.75) is 25.5 Å². The number of rotatable bonds is 4. The monoisotopic (exact) mass is 406 g/mol. The Kier molecular flexibility index (Phi) is 5.34. The molecule has 3 aromatic rings. The van der Waals surface area contributed by atoms with Crippen LogP contribution >= 0.6 is 0 Å². The van der Waals surface area contributed by atoms with E-state index in [-0.39, 0.29) is 24.3 Å². The zero-order valence-corrected chi connectivity index (χ0v) is 16.2. The third-order valence-corrected chi connectivity index (χ3v) is 5.01. The van der Waals surface area contributed by atoms with Crippen molar-refractivity contribution in [1.29, 1.82) is 0 Å². The van der Waals surface area contributed by atoms with Crippen LogP contribution in [0.2, 0.25) is 0 Å². The Balaban J connectivity index is 1.43. The van der Waals surface area contributed by atoms with E-state index in [0.29, 0.717) is 29.6 Å². The van der Waals surface area contributed by atoms with Crippen molar-refractivity contribution in [2.75, 3.05) is 23.3 Å². The van der Waals surface area contributed by atoms with E-state index >= 15 is 0 Å². The highest BCUT2D eigenvalue weighted by Gasteiger charge is 2.35. The molecule has 0 unspecified atom stereocenters. The normalized spacial score (nSPS) is 15.9. The number of carbonyl (C=O) groups is 2. The number of hydrogen-bond donors (Lipinski definition) is 3. The lowest BCUT2D eigenvalue weighted by atomic mass is 10.1. The number of amides is 2. The van der Waals surface area contributed by atoms with Gasteiger partial charge in [-0.3, -0.25) is 9.69 Å². The summed E-state index contributed by atoms with van der Waals surface area (Å²) in [5.74, 6) is 0.0476. The van der Waals surface area contributed by atoms with E-state index in [2.05, 4.69) is 15.3 Å². The number of anilines is 3. The first-order valence-corrected chi connectivity index (χ1v) is 9.62. The molecule has 1 fully saturated rings. The van der Waals surface area contributed by atoms with Crippen LogP contribution in [0.5, 0.6) is 0 Å². The minimum atomic E-state index is -0.594. The molecular weight excluding hydrogens is 384 g/mol. The summed E-state index contributed by atoms with van der Waals surface area (Å²) in [7, 11) is 0. The second-order valence-corrected chi connectivity index (χ2v) is 7.08. The Morgan fingerprint density at radius 2 is 1.93 bits per heavy atom. The second-order valence-electron chi connectivity index (χ2n) is 7.08. The molecule has 1 saturated heterocycles. The summed E-state index contributed by atoms with van der Waals surface area (Å²) in [6.45, 7) is 0.640. The third kappa shape index (κ3) is 4.09. The van der Waals surface area contributed by atoms with Gasteiger partial charge in [-0.1, -0.05) is 30.3 Å². The van der Waals surface area contributed by atoms with Gasteiger partial charge in [0.05, 0.1) is 5.52 Å². The summed E-state index contributed by atoms with van der Waals surface area (Å²) >= 11 is 0. The van der Waals surface area contributed by atoms with E-state index in [1.54, 1.807) is 18.2 Å². The third-order valence-electron chi connectivity index (χ3n) is 5.01. The number of carbonyl (C=O) groups excluding carboxylic acids is 2. The molecule has 0 radical (unpaired) electrons. The van der Waals surface area contributed by atoms with Gasteiger partial charge in [0.2, 0.25) is 11.9 Å². The van der Waals surface area contributed by atoms with Gasteiger partial charge < -0.3 is 21.5 Å². The SMILES string of the molecule is Nc1nc(N)c2cc(NC(=O)[C@@H]3CCCN3C(=O)OCc3ccccc3)ccc2n1. The molecule has 154 valence electrons. The Labute approximate surface area is 173 Å². The molecule has 1 atom stereocenters. The van der Waals surface area contributed by atoms with Crippen molar-refractivity contribution in [3.63, 3.8) is 0 Å². The van der Waals surface area contributed by atoms with E-state index < -0.39 is 12.1 Å². The number of hydrogen-bond acceptors (Lipinski definition) is 7. The van der Waals surface area contributed by atoms with Gasteiger partial charge in [-0.2, -0.15) is 4.98 Å². The molecule has 2 aromatic carbocycles. The number of nitrogens with one attached hydrogen (secondary N) is 1. The Hall–Kier alpha value is -3.88. The van der Waals surface area contributed by atoms with Gasteiger partial charge in [0, 0.05) is 17.6 Å². The maximum Gasteiger partial charge on any atom is 0.410 e. The van der Waals surface area contributed by atoms with Crippen LogP contribution < -0.4 is 16.8 Å². The van der Waals surface area contributed by atoms with Crippen LogP contribution in [-0.4, -0.2) is 39.5 Å². The first kappa shape index (κ1) is 19.4. The van der Waals surface area contributed by atoms with Gasteiger partial charge in [0.25, 0.3) is 0 Å². The Morgan fingerprint density at radius 3 is 2.73 bits per heavy atom. The zero-order chi connectivity index (χ0) is 21.1. The topological polar surface area (TPSA) is 136 Å². The van der Waals surface area contributed by atoms with E-state index in [4.69, 9.17) is 16.2 Å². The van der Waals surface area contributed by atoms with Crippen molar-refractivity contribution in [2.24, 2.45) is 0 Å². The van der Waals surface area contributed by atoms with Crippen LogP contribution in [0, 0.1) is 0 Å². The molecule has 2 amide bonds. The van der Waals surface area contributed by atoms with E-state index in [1.165, 1.54) is 4.90 Å². The maximum atomic E-state index is 12.8. The van der Waals surface area contributed by atoms with Crippen molar-refractivity contribution in [1.82, 2.24) is 14.9 Å². The van der Waals surface area contributed by atoms with Crippen LogP contribution in [0.15, 0.2) is 48.5 Å². The number of ether oxygens (including phenoxy) is 1. The number of nitrogens with zero attached hydrogens (tertiary/aromatic N) is 3. The lowest BCUT2D eigenvalue weighted by Crippen LogP contribution is -2.43. The lowest BCUT2D eigenvalue weighted by molar-refractivity contribution is -0.120. The Bertz CT molecular complexity index is 1090. The molecule has 9 nitrogen and oxygen atoms in total. The van der Waals surface area contributed by atoms with E-state index in [1.807, 2.05) is 30.3 Å². The minimum absolute atomic E-state index is 0.0902. The maximum absolute atomic E-state index is 12.8. The summed E-state index contributed by atoms with van der Waals surface area (Å²) in [6.07, 6.45) is 0.806. The summed E-state index contributed by atoms with van der Waals surface area (Å²) in [5, 5.41) is 3.44. The van der Waals surface area contributed by atoms with Crippen molar-refractivity contribution in [3.8, 4) is 0 Å². The van der Waals surface area contributed by atoms with Crippen LogP contribution in [0.3, 0.4) is 0 Å². The average Bonchev–Trinajstić information content (AvgIpc) is 3.23. The fraction of sp³-hybridized carbons (Fsp3) is 0.238. The molecule has 1 aliphatic rings. The summed E-state index contributed by atoms with van der Waals surface area (Å²) in [5.41, 5.74) is 13.5. The predicted molar refractivity (Wildman–Crippen MR) is 113 cm³/mol. The smallest absolute Gasteiger partial charge is 0.410 e. The number of fused-ring (bicyclic) bond motifs is 1. The van der Waals surface area contributed by atoms with Crippen LogP contribution in [-0.2, 0) is 16.1 Å². The predicted octanol–water partition coefficient (Wildman–Crippen LogP) is 2.53. The molecule has 30 heavy (non-hydrogen) atoms. The summed E-state index contributed by atoms with van der Waals surface area (Å²) in [4.78, 5) is 34.9. The first-order valence-electron chi connectivity index (χ1n) is 9.62. The van der Waals surface area contributed by atoms with Gasteiger partial charge in [-0.05, 0) is 36.6 Å². The molecule has 1 aliphatic heterocycles. The lowest BCUT2D eigenvalue weighted by Gasteiger charge is -2.23. The summed E-state index contributed by atoms with van der Waals surface area (Å²) in [6, 6.07) is 13.9. The first-order chi connectivity index (χ1) is 14.5. The number of benzene rings is 2. The number of aromatic nitrogens is 2. The fourth-order valence-electron chi connectivity index (χ4n) is 3.53. The molecule has 0 aliphatic carbocycles. The molecule has 9 heteroatoms. The van der Waals surface area contributed by atoms with Gasteiger partial charge in [0.1, 0.15) is 18.5 Å². The van der Waals surface area contributed by atoms with Crippen LogP contribution in [0.1, 0.15) is 18.4 Å². The second kappa shape index (κ2) is 8.24. The Morgan fingerprint density at radius 1 is 1.13 bits per heavy atom. The van der Waals surface area contributed by atoms with E-state index in [9.17, 15) is 9.59 Å². The highest BCUT2D eigenvalue weighted by molar-refractivity contribution is 5.99. The zero-order valence-electron chi connectivity index (χ0n) is 16.2. The highest BCUT2D eigenvalue weighted by atomic mass is 16.6. The largest absolute Gasteiger partial charge is 0.445 e. The van der Waals surface area contributed by atoms with Gasteiger partial charge in [0.15, 0.2) is 0 Å². The van der Waals surface area contributed by atoms with Crippen molar-refractivity contribution >= 4 is 40.4 Å². The highest BCUT2D eigenvalue weighted by Crippen LogP contribution is 2.25. The quantitative estimate of drug-likeness (QED) is 0.605. The van der Waals surface area contributed by atoms with Gasteiger partial charge in [-0.25, -0.2) is 9.78 Å². The molecule has 5 N–H and O–H groups in total. The van der Waals surface area contributed by atoms with Gasteiger partial charge >= 0.3 is 6.09 Å². The molecule has 1 aromatic heterocycles. The number of nitrogens with two attached hydrogens (primary N) is 2. The van der Waals surface area contributed by atoms with Crippen molar-refractivity contribution < 1.29 is 14.3 Å². The molecule has 2 heterocycles. The van der Waals surface area contributed by atoms with Gasteiger partial charge in [-0.15, -0.1) is 0 Å². The molecular formula is C21H22N6O3. The van der Waals surface area contributed by atoms with Crippen molar-refractivity contribution in [3.05, 3.63) is 54.1 Å².